The molecule has 24 heavy (non-hydrogen) atoms. The fraction of sp³-hybridized carbons (Fsp3) is 0.350. The van der Waals surface area contributed by atoms with Crippen molar-refractivity contribution in [2.45, 2.75) is 45.3 Å². The zero-order valence-electron chi connectivity index (χ0n) is 13.8. The van der Waals surface area contributed by atoms with E-state index in [0.717, 1.165) is 24.2 Å². The van der Waals surface area contributed by atoms with E-state index < -0.39 is 6.10 Å². The van der Waals surface area contributed by atoms with E-state index in [4.69, 9.17) is 16.3 Å². The highest BCUT2D eigenvalue weighted by atomic mass is 35.5. The van der Waals surface area contributed by atoms with E-state index in [9.17, 15) is 4.79 Å². The van der Waals surface area contributed by atoms with Gasteiger partial charge in [0.05, 0.1) is 0 Å². The molecule has 3 rings (SSSR count). The van der Waals surface area contributed by atoms with Gasteiger partial charge in [0.1, 0.15) is 5.75 Å². The molecule has 1 amide bonds. The number of carbonyl (C=O) groups excluding carboxylic acids is 1. The lowest BCUT2D eigenvalue weighted by Gasteiger charge is -2.22. The van der Waals surface area contributed by atoms with Gasteiger partial charge < -0.3 is 10.1 Å². The molecule has 3 nitrogen and oxygen atoms in total. The maximum absolute atomic E-state index is 12.3. The Kier molecular flexibility index (Phi) is 5.41. The summed E-state index contributed by atoms with van der Waals surface area (Å²) in [6, 6.07) is 13.6. The van der Waals surface area contributed by atoms with Gasteiger partial charge in [-0.2, -0.15) is 0 Å². The molecule has 0 heterocycles. The molecule has 0 aromatic heterocycles. The van der Waals surface area contributed by atoms with Crippen LogP contribution in [0.4, 0.5) is 0 Å². The Morgan fingerprint density at radius 1 is 1.17 bits per heavy atom. The van der Waals surface area contributed by atoms with Crippen LogP contribution in [0, 0.1) is 0 Å². The first-order chi connectivity index (χ1) is 11.6. The van der Waals surface area contributed by atoms with Crippen LogP contribution in [0.25, 0.3) is 0 Å². The van der Waals surface area contributed by atoms with Gasteiger partial charge in [0.2, 0.25) is 0 Å². The van der Waals surface area contributed by atoms with Crippen LogP contribution in [0.1, 0.15) is 36.5 Å². The second-order valence-electron chi connectivity index (χ2n) is 6.17. The third-order valence-electron chi connectivity index (χ3n) is 4.44. The van der Waals surface area contributed by atoms with Gasteiger partial charge in [-0.25, -0.2) is 0 Å². The smallest absolute Gasteiger partial charge is 0.261 e. The molecule has 0 saturated carbocycles. The van der Waals surface area contributed by atoms with Crippen molar-refractivity contribution in [2.75, 3.05) is 0 Å². The van der Waals surface area contributed by atoms with Crippen molar-refractivity contribution >= 4 is 17.5 Å². The van der Waals surface area contributed by atoms with Crippen LogP contribution >= 0.6 is 11.6 Å². The molecule has 1 aliphatic rings. The van der Waals surface area contributed by atoms with Crippen LogP contribution in [0.3, 0.4) is 0 Å². The SMILES string of the molecule is CC(Oc1cccc2c1CCCC2)C(=O)NCc1ccccc1Cl. The Bertz CT molecular complexity index is 729. The average Bonchev–Trinajstić information content (AvgIpc) is 2.61. The lowest BCUT2D eigenvalue weighted by molar-refractivity contribution is -0.127. The van der Waals surface area contributed by atoms with Gasteiger partial charge in [0.15, 0.2) is 6.10 Å². The number of hydrogen-bond acceptors (Lipinski definition) is 2. The van der Waals surface area contributed by atoms with Crippen LogP contribution in [0.5, 0.6) is 5.75 Å². The van der Waals surface area contributed by atoms with Gasteiger partial charge in [0, 0.05) is 11.6 Å². The van der Waals surface area contributed by atoms with E-state index in [-0.39, 0.29) is 5.91 Å². The van der Waals surface area contributed by atoms with Crippen LogP contribution < -0.4 is 10.1 Å². The maximum Gasteiger partial charge on any atom is 0.261 e. The number of benzene rings is 2. The molecule has 1 atom stereocenters. The first kappa shape index (κ1) is 16.8. The Morgan fingerprint density at radius 2 is 1.96 bits per heavy atom. The van der Waals surface area contributed by atoms with Crippen molar-refractivity contribution in [2.24, 2.45) is 0 Å². The van der Waals surface area contributed by atoms with Gasteiger partial charge in [0.25, 0.3) is 5.91 Å². The minimum Gasteiger partial charge on any atom is -0.481 e. The molecule has 0 radical (unpaired) electrons. The van der Waals surface area contributed by atoms with Gasteiger partial charge in [-0.15, -0.1) is 0 Å². The average molecular weight is 344 g/mol. The minimum atomic E-state index is -0.541. The predicted octanol–water partition coefficient (Wildman–Crippen LogP) is 4.30. The topological polar surface area (TPSA) is 38.3 Å². The molecular weight excluding hydrogens is 322 g/mol. The highest BCUT2D eigenvalue weighted by Crippen LogP contribution is 2.30. The number of amides is 1. The molecule has 0 fully saturated rings. The second-order valence-corrected chi connectivity index (χ2v) is 6.58. The molecule has 1 N–H and O–H groups in total. The standard InChI is InChI=1S/C20H22ClNO2/c1-14(20(23)22-13-16-8-3-5-11-18(16)21)24-19-12-6-9-15-7-2-4-10-17(15)19/h3,5-6,8-9,11-12,14H,2,4,7,10,13H2,1H3,(H,22,23). The molecule has 1 aliphatic carbocycles. The Hall–Kier alpha value is -2.00. The monoisotopic (exact) mass is 343 g/mol. The summed E-state index contributed by atoms with van der Waals surface area (Å²) in [5.74, 6) is 0.705. The summed E-state index contributed by atoms with van der Waals surface area (Å²) in [5.41, 5.74) is 3.51. The Balaban J connectivity index is 1.62. The predicted molar refractivity (Wildman–Crippen MR) is 96.5 cm³/mol. The molecule has 1 unspecified atom stereocenters. The zero-order valence-corrected chi connectivity index (χ0v) is 14.6. The van der Waals surface area contributed by atoms with Crippen LogP contribution in [-0.2, 0) is 24.2 Å². The lowest BCUT2D eigenvalue weighted by Crippen LogP contribution is -2.36. The van der Waals surface area contributed by atoms with E-state index in [1.165, 1.54) is 24.0 Å². The second kappa shape index (κ2) is 7.71. The molecule has 0 aliphatic heterocycles. The third-order valence-corrected chi connectivity index (χ3v) is 4.81. The number of rotatable bonds is 5. The summed E-state index contributed by atoms with van der Waals surface area (Å²) in [6.45, 7) is 2.18. The number of nitrogens with one attached hydrogen (secondary N) is 1. The van der Waals surface area contributed by atoms with Crippen molar-refractivity contribution in [1.82, 2.24) is 5.32 Å². The van der Waals surface area contributed by atoms with Crippen LogP contribution in [0.2, 0.25) is 5.02 Å². The minimum absolute atomic E-state index is 0.136. The van der Waals surface area contributed by atoms with Crippen molar-refractivity contribution in [3.8, 4) is 5.75 Å². The number of hydrogen-bond donors (Lipinski definition) is 1. The summed E-state index contributed by atoms with van der Waals surface area (Å²) in [5, 5.41) is 3.55. The van der Waals surface area contributed by atoms with Crippen LogP contribution in [0.15, 0.2) is 42.5 Å². The fourth-order valence-corrected chi connectivity index (χ4v) is 3.27. The molecule has 4 heteroatoms. The first-order valence-corrected chi connectivity index (χ1v) is 8.81. The van der Waals surface area contributed by atoms with Gasteiger partial charge >= 0.3 is 0 Å². The molecule has 0 bridgehead atoms. The summed E-state index contributed by atoms with van der Waals surface area (Å²) in [7, 11) is 0. The molecule has 0 saturated heterocycles. The number of halogens is 1. The van der Waals surface area contributed by atoms with Crippen molar-refractivity contribution < 1.29 is 9.53 Å². The van der Waals surface area contributed by atoms with Crippen molar-refractivity contribution in [3.63, 3.8) is 0 Å². The van der Waals surface area contributed by atoms with Crippen molar-refractivity contribution in [3.05, 3.63) is 64.2 Å². The van der Waals surface area contributed by atoms with Gasteiger partial charge in [-0.1, -0.05) is 41.9 Å². The number of aryl methyl sites for hydroxylation is 1. The Morgan fingerprint density at radius 3 is 2.79 bits per heavy atom. The lowest BCUT2D eigenvalue weighted by atomic mass is 9.91. The highest BCUT2D eigenvalue weighted by Gasteiger charge is 2.19. The van der Waals surface area contributed by atoms with Crippen LogP contribution in [-0.4, -0.2) is 12.0 Å². The molecular formula is C20H22ClNO2. The summed E-state index contributed by atoms with van der Waals surface area (Å²) in [4.78, 5) is 12.3. The summed E-state index contributed by atoms with van der Waals surface area (Å²) in [6.07, 6.45) is 3.99. The highest BCUT2D eigenvalue weighted by molar-refractivity contribution is 6.31. The van der Waals surface area contributed by atoms with E-state index in [2.05, 4.69) is 11.4 Å². The molecule has 2 aromatic rings. The molecule has 0 spiro atoms. The quantitative estimate of drug-likeness (QED) is 0.878. The molecule has 2 aromatic carbocycles. The number of ether oxygens (including phenoxy) is 1. The first-order valence-electron chi connectivity index (χ1n) is 8.43. The third kappa shape index (κ3) is 3.90. The normalized spacial score (nSPS) is 14.6. The van der Waals surface area contributed by atoms with E-state index in [1.807, 2.05) is 36.4 Å². The zero-order chi connectivity index (χ0) is 16.9. The van der Waals surface area contributed by atoms with Gasteiger partial charge in [-0.3, -0.25) is 4.79 Å². The van der Waals surface area contributed by atoms with E-state index in [0.29, 0.717) is 11.6 Å². The van der Waals surface area contributed by atoms with Crippen molar-refractivity contribution in [1.29, 1.82) is 0 Å². The largest absolute Gasteiger partial charge is 0.481 e. The van der Waals surface area contributed by atoms with E-state index >= 15 is 0 Å². The number of fused-ring (bicyclic) bond motifs is 1. The summed E-state index contributed by atoms with van der Waals surface area (Å²) >= 11 is 6.11. The Labute approximate surface area is 148 Å². The molecule has 126 valence electrons. The number of carbonyl (C=O) groups is 1. The maximum atomic E-state index is 12.3. The van der Waals surface area contributed by atoms with Gasteiger partial charge in [-0.05, 0) is 61.4 Å². The summed E-state index contributed by atoms with van der Waals surface area (Å²) < 4.78 is 5.95. The fourth-order valence-electron chi connectivity index (χ4n) is 3.07. The van der Waals surface area contributed by atoms with E-state index in [1.54, 1.807) is 6.92 Å².